The van der Waals surface area contributed by atoms with Crippen LogP contribution in [0.5, 0.6) is 0 Å². The smallest absolute Gasteiger partial charge is 1.00 e. The Morgan fingerprint density at radius 3 is 0.368 bits per heavy atom. The van der Waals surface area contributed by atoms with Gasteiger partial charge < -0.3 is 70.7 Å². The average molecular weight is 506 g/mol. The topological polar surface area (TPSA) is 208 Å². The predicted molar refractivity (Wildman–Crippen MR) is 72.4 cm³/mol. The Bertz CT molecular complexity index is 54.7. The van der Waals surface area contributed by atoms with E-state index in [4.69, 9.17) is 45.9 Å². The van der Waals surface area contributed by atoms with Crippen LogP contribution in [0.3, 0.4) is 0 Å². The maximum absolute atomic E-state index is 4.90. The molecule has 8 nitrogen and oxygen atoms in total. The first kappa shape index (κ1) is 42.7. The molecular weight excluding hydrogens is 474 g/mol. The number of hydrogen-bond acceptors (Lipinski definition) is 8. The van der Waals surface area contributed by atoms with Gasteiger partial charge in [-0.25, -0.2) is 0 Å². The summed E-state index contributed by atoms with van der Waals surface area (Å²) in [5.41, 5.74) is 39.2. The molecule has 0 aliphatic rings. The zero-order valence-corrected chi connectivity index (χ0v) is 15.1. The zero-order valence-electron chi connectivity index (χ0n) is 11.3. The summed E-state index contributed by atoms with van der Waals surface area (Å²) in [6, 6.07) is 0. The van der Waals surface area contributed by atoms with Crippen LogP contribution < -0.4 is 70.7 Å². The number of halogens is 2. The minimum atomic E-state index is 0. The molecule has 0 radical (unpaired) electrons. The molecule has 0 spiro atoms. The molecule has 0 aromatic rings. The third-order valence-electron chi connectivity index (χ3n) is 0.667. The van der Waals surface area contributed by atoms with E-state index in [1.165, 1.54) is 0 Å². The standard InChI is InChI=1S/4C2H8N2.2ClH.Pt/c4*3-1-2-4;;;/h4*1-4H2;2*1H;/q;;;;;;+2/p-2. The Morgan fingerprint density at radius 1 is 0.316 bits per heavy atom. The second-order valence-electron chi connectivity index (χ2n) is 2.31. The number of nitrogens with two attached hydrogens (primary N) is 8. The van der Waals surface area contributed by atoms with Gasteiger partial charge in [-0.2, -0.15) is 0 Å². The van der Waals surface area contributed by atoms with E-state index >= 15 is 0 Å². The van der Waals surface area contributed by atoms with Gasteiger partial charge in [0.1, 0.15) is 0 Å². The van der Waals surface area contributed by atoms with Crippen molar-refractivity contribution < 1.29 is 45.9 Å². The summed E-state index contributed by atoms with van der Waals surface area (Å²) in [6.45, 7) is 4.78. The molecule has 0 unspecified atom stereocenters. The molecule has 0 bridgehead atoms. The Kier molecular flexibility index (Phi) is 171. The van der Waals surface area contributed by atoms with Crippen molar-refractivity contribution in [3.05, 3.63) is 0 Å². The van der Waals surface area contributed by atoms with Crippen LogP contribution in [0, 0.1) is 0 Å². The summed E-state index contributed by atoms with van der Waals surface area (Å²) in [5.74, 6) is 0. The van der Waals surface area contributed by atoms with Crippen LogP contribution in [0.1, 0.15) is 0 Å². The van der Waals surface area contributed by atoms with Gasteiger partial charge in [0, 0.05) is 52.4 Å². The minimum Gasteiger partial charge on any atom is -1.00 e. The Hall–Kier alpha value is 0.948. The van der Waals surface area contributed by atoms with Crippen LogP contribution in [0.25, 0.3) is 0 Å². The third-order valence-corrected chi connectivity index (χ3v) is 0.667. The third kappa shape index (κ3) is 222. The SMILES string of the molecule is NCCN.NCCN.NCCN.NCCN.[Cl-].[Cl-].[Pt+2]. The first-order chi connectivity index (χ1) is 7.66. The van der Waals surface area contributed by atoms with Gasteiger partial charge in [-0.1, -0.05) is 0 Å². The number of hydrogen-bond donors (Lipinski definition) is 8. The maximum atomic E-state index is 4.90. The van der Waals surface area contributed by atoms with Crippen molar-refractivity contribution in [1.29, 1.82) is 0 Å². The molecular formula is C8H32Cl2N8Pt. The van der Waals surface area contributed by atoms with E-state index in [-0.39, 0.29) is 45.9 Å². The van der Waals surface area contributed by atoms with Crippen LogP contribution in [-0.4, -0.2) is 52.4 Å². The van der Waals surface area contributed by atoms with Gasteiger partial charge in [-0.3, -0.25) is 0 Å². The van der Waals surface area contributed by atoms with E-state index in [9.17, 15) is 0 Å². The molecule has 0 aliphatic heterocycles. The fraction of sp³-hybridized carbons (Fsp3) is 1.00. The quantitative estimate of drug-likeness (QED) is 0.183. The van der Waals surface area contributed by atoms with Crippen LogP contribution in [-0.2, 0) is 21.1 Å². The molecule has 0 aromatic carbocycles. The summed E-state index contributed by atoms with van der Waals surface area (Å²) < 4.78 is 0. The normalized spacial score (nSPS) is 6.32. The van der Waals surface area contributed by atoms with Crippen molar-refractivity contribution in [2.75, 3.05) is 52.4 Å². The second kappa shape index (κ2) is 76.2. The minimum absolute atomic E-state index is 0. The molecule has 16 N–H and O–H groups in total. The van der Waals surface area contributed by atoms with Gasteiger partial charge in [0.05, 0.1) is 0 Å². The molecule has 0 saturated carbocycles. The van der Waals surface area contributed by atoms with Gasteiger partial charge >= 0.3 is 21.1 Å². The van der Waals surface area contributed by atoms with Gasteiger partial charge in [0.15, 0.2) is 0 Å². The summed E-state index contributed by atoms with van der Waals surface area (Å²) >= 11 is 0. The van der Waals surface area contributed by atoms with Crippen molar-refractivity contribution in [2.24, 2.45) is 45.9 Å². The number of rotatable bonds is 4. The Balaban J connectivity index is -0.0000000192. The Morgan fingerprint density at radius 2 is 0.368 bits per heavy atom. The monoisotopic (exact) mass is 505 g/mol. The second-order valence-corrected chi connectivity index (χ2v) is 2.31. The first-order valence-corrected chi connectivity index (χ1v) is 5.27. The molecule has 0 rings (SSSR count). The van der Waals surface area contributed by atoms with E-state index in [1.807, 2.05) is 0 Å². The molecule has 0 aromatic heterocycles. The molecule has 0 saturated heterocycles. The summed E-state index contributed by atoms with van der Waals surface area (Å²) in [7, 11) is 0. The van der Waals surface area contributed by atoms with E-state index in [0.29, 0.717) is 52.4 Å². The van der Waals surface area contributed by atoms with Gasteiger partial charge in [-0.15, -0.1) is 0 Å². The molecule has 0 fully saturated rings. The van der Waals surface area contributed by atoms with Gasteiger partial charge in [0.25, 0.3) is 0 Å². The zero-order chi connectivity index (χ0) is 13.7. The molecule has 0 amide bonds. The van der Waals surface area contributed by atoms with Crippen molar-refractivity contribution in [3.8, 4) is 0 Å². The molecule has 128 valence electrons. The molecule has 0 heterocycles. The first-order valence-electron chi connectivity index (χ1n) is 5.27. The van der Waals surface area contributed by atoms with E-state index in [0.717, 1.165) is 0 Å². The summed E-state index contributed by atoms with van der Waals surface area (Å²) in [5, 5.41) is 0. The fourth-order valence-corrected chi connectivity index (χ4v) is 0. The summed E-state index contributed by atoms with van der Waals surface area (Å²) in [4.78, 5) is 0. The van der Waals surface area contributed by atoms with Crippen molar-refractivity contribution >= 4 is 0 Å². The van der Waals surface area contributed by atoms with Crippen molar-refractivity contribution in [1.82, 2.24) is 0 Å². The van der Waals surface area contributed by atoms with E-state index in [1.54, 1.807) is 0 Å². The summed E-state index contributed by atoms with van der Waals surface area (Å²) in [6.07, 6.45) is 0. The van der Waals surface area contributed by atoms with Gasteiger partial charge in [0.2, 0.25) is 0 Å². The van der Waals surface area contributed by atoms with Crippen LogP contribution in [0.2, 0.25) is 0 Å². The molecule has 0 atom stereocenters. The van der Waals surface area contributed by atoms with E-state index in [2.05, 4.69) is 0 Å². The molecule has 11 heteroatoms. The average Bonchev–Trinajstić information content (AvgIpc) is 2.39. The van der Waals surface area contributed by atoms with Gasteiger partial charge in [-0.05, 0) is 0 Å². The van der Waals surface area contributed by atoms with Crippen LogP contribution >= 0.6 is 0 Å². The largest absolute Gasteiger partial charge is 2.00 e. The van der Waals surface area contributed by atoms with Crippen LogP contribution in [0.15, 0.2) is 0 Å². The van der Waals surface area contributed by atoms with Crippen molar-refractivity contribution in [2.45, 2.75) is 0 Å². The maximum Gasteiger partial charge on any atom is 2.00 e. The Labute approximate surface area is 144 Å². The predicted octanol–water partition coefficient (Wildman–Crippen LogP) is -10.4. The fourth-order valence-electron chi connectivity index (χ4n) is 0. The molecule has 0 aliphatic carbocycles. The van der Waals surface area contributed by atoms with Crippen LogP contribution in [0.4, 0.5) is 0 Å². The van der Waals surface area contributed by atoms with Crippen molar-refractivity contribution in [3.63, 3.8) is 0 Å². The van der Waals surface area contributed by atoms with E-state index < -0.39 is 0 Å². The molecule has 19 heavy (non-hydrogen) atoms.